The number of hydrogen-bond acceptors (Lipinski definition) is 2. The van der Waals surface area contributed by atoms with Crippen LogP contribution in [0.1, 0.15) is 51.4 Å². The van der Waals surface area contributed by atoms with Crippen LogP contribution in [0.3, 0.4) is 0 Å². The second kappa shape index (κ2) is 5.05. The smallest absolute Gasteiger partial charge is 0.0235 e. The summed E-state index contributed by atoms with van der Waals surface area (Å²) in [4.78, 5) is 2.82. The SMILES string of the molecule is C1CCCC(N2C[C@@H]3CCCN[C@@H]3C2)CC1. The van der Waals surface area contributed by atoms with E-state index >= 15 is 0 Å². The molecule has 2 heterocycles. The van der Waals surface area contributed by atoms with Gasteiger partial charge in [-0.3, -0.25) is 4.90 Å². The third-order valence-corrected chi connectivity index (χ3v) is 4.97. The van der Waals surface area contributed by atoms with Gasteiger partial charge in [0.15, 0.2) is 0 Å². The Labute approximate surface area is 99.8 Å². The maximum absolute atomic E-state index is 3.72. The number of nitrogens with zero attached hydrogens (tertiary/aromatic N) is 1. The summed E-state index contributed by atoms with van der Waals surface area (Å²) in [6, 6.07) is 1.76. The van der Waals surface area contributed by atoms with Crippen molar-refractivity contribution in [3.63, 3.8) is 0 Å². The molecule has 0 amide bonds. The lowest BCUT2D eigenvalue weighted by atomic mass is 9.94. The molecule has 2 atom stereocenters. The van der Waals surface area contributed by atoms with E-state index in [4.69, 9.17) is 0 Å². The molecule has 1 N–H and O–H groups in total. The first-order valence-corrected chi connectivity index (χ1v) is 7.41. The molecule has 0 aromatic heterocycles. The summed E-state index contributed by atoms with van der Waals surface area (Å²) >= 11 is 0. The number of likely N-dealkylation sites (tertiary alicyclic amines) is 1. The number of hydrogen-bond donors (Lipinski definition) is 1. The lowest BCUT2D eigenvalue weighted by Gasteiger charge is -2.26. The largest absolute Gasteiger partial charge is 0.312 e. The molecule has 2 aliphatic heterocycles. The van der Waals surface area contributed by atoms with Crippen LogP contribution in [0, 0.1) is 5.92 Å². The van der Waals surface area contributed by atoms with Gasteiger partial charge in [-0.2, -0.15) is 0 Å². The highest BCUT2D eigenvalue weighted by Gasteiger charge is 2.36. The van der Waals surface area contributed by atoms with Gasteiger partial charge in [-0.15, -0.1) is 0 Å². The normalized spacial score (nSPS) is 38.2. The minimum absolute atomic E-state index is 0.831. The quantitative estimate of drug-likeness (QED) is 0.685. The van der Waals surface area contributed by atoms with Crippen LogP contribution in [0.5, 0.6) is 0 Å². The van der Waals surface area contributed by atoms with Crippen molar-refractivity contribution < 1.29 is 0 Å². The Morgan fingerprint density at radius 1 is 0.812 bits per heavy atom. The van der Waals surface area contributed by atoms with Crippen LogP contribution in [-0.2, 0) is 0 Å². The number of rotatable bonds is 1. The average molecular weight is 222 g/mol. The second-order valence-electron chi connectivity index (χ2n) is 6.06. The van der Waals surface area contributed by atoms with E-state index in [1.807, 2.05) is 0 Å². The first-order valence-electron chi connectivity index (χ1n) is 7.41. The average Bonchev–Trinajstić information content (AvgIpc) is 2.56. The van der Waals surface area contributed by atoms with Crippen LogP contribution < -0.4 is 5.32 Å². The predicted octanol–water partition coefficient (Wildman–Crippen LogP) is 2.39. The molecular formula is C14H26N2. The fourth-order valence-corrected chi connectivity index (χ4v) is 4.00. The minimum Gasteiger partial charge on any atom is -0.312 e. The lowest BCUT2D eigenvalue weighted by molar-refractivity contribution is 0.212. The highest BCUT2D eigenvalue weighted by atomic mass is 15.2. The summed E-state index contributed by atoms with van der Waals surface area (Å²) in [5.41, 5.74) is 0. The molecule has 0 bridgehead atoms. The molecule has 1 aliphatic carbocycles. The first kappa shape index (κ1) is 11.0. The van der Waals surface area contributed by atoms with Gasteiger partial charge in [-0.25, -0.2) is 0 Å². The Morgan fingerprint density at radius 2 is 1.62 bits per heavy atom. The van der Waals surface area contributed by atoms with E-state index in [1.165, 1.54) is 71.0 Å². The molecule has 0 radical (unpaired) electrons. The third kappa shape index (κ3) is 2.28. The van der Waals surface area contributed by atoms with Gasteiger partial charge in [0.2, 0.25) is 0 Å². The van der Waals surface area contributed by atoms with Crippen molar-refractivity contribution >= 4 is 0 Å². The van der Waals surface area contributed by atoms with E-state index in [9.17, 15) is 0 Å². The standard InChI is InChI=1S/C14H26N2/c1-2-4-8-13(7-3-1)16-10-12-6-5-9-15-14(12)11-16/h12-15H,1-11H2/t12-,14+/m0/s1. The van der Waals surface area contributed by atoms with Crippen molar-refractivity contribution in [3.8, 4) is 0 Å². The van der Waals surface area contributed by atoms with Gasteiger partial charge in [-0.1, -0.05) is 25.7 Å². The van der Waals surface area contributed by atoms with Gasteiger partial charge in [-0.05, 0) is 38.1 Å². The predicted molar refractivity (Wildman–Crippen MR) is 67.6 cm³/mol. The summed E-state index contributed by atoms with van der Waals surface area (Å²) in [6.07, 6.45) is 11.7. The van der Waals surface area contributed by atoms with E-state index < -0.39 is 0 Å². The molecule has 2 saturated heterocycles. The van der Waals surface area contributed by atoms with Gasteiger partial charge in [0.25, 0.3) is 0 Å². The molecule has 2 nitrogen and oxygen atoms in total. The van der Waals surface area contributed by atoms with Gasteiger partial charge in [0.05, 0.1) is 0 Å². The summed E-state index contributed by atoms with van der Waals surface area (Å²) < 4.78 is 0. The zero-order valence-electron chi connectivity index (χ0n) is 10.5. The van der Waals surface area contributed by atoms with Gasteiger partial charge < -0.3 is 5.32 Å². The van der Waals surface area contributed by atoms with Crippen LogP contribution in [0.2, 0.25) is 0 Å². The van der Waals surface area contributed by atoms with Gasteiger partial charge >= 0.3 is 0 Å². The molecule has 0 spiro atoms. The highest BCUT2D eigenvalue weighted by Crippen LogP contribution is 2.30. The van der Waals surface area contributed by atoms with Crippen LogP contribution in [-0.4, -0.2) is 36.6 Å². The Morgan fingerprint density at radius 3 is 2.38 bits per heavy atom. The van der Waals surface area contributed by atoms with E-state index in [0.29, 0.717) is 0 Å². The molecule has 3 fully saturated rings. The molecule has 3 rings (SSSR count). The summed E-state index contributed by atoms with van der Waals surface area (Å²) in [5, 5.41) is 3.72. The lowest BCUT2D eigenvalue weighted by Crippen LogP contribution is -2.41. The molecule has 1 saturated carbocycles. The fraction of sp³-hybridized carbons (Fsp3) is 1.00. The summed E-state index contributed by atoms with van der Waals surface area (Å²) in [7, 11) is 0. The topological polar surface area (TPSA) is 15.3 Å². The van der Waals surface area contributed by atoms with Crippen molar-refractivity contribution in [2.75, 3.05) is 19.6 Å². The molecule has 0 aromatic carbocycles. The van der Waals surface area contributed by atoms with E-state index in [0.717, 1.165) is 18.0 Å². The zero-order valence-corrected chi connectivity index (χ0v) is 10.5. The molecule has 92 valence electrons. The highest BCUT2D eigenvalue weighted by molar-refractivity contribution is 4.94. The van der Waals surface area contributed by atoms with Crippen LogP contribution in [0.15, 0.2) is 0 Å². The van der Waals surface area contributed by atoms with Crippen molar-refractivity contribution in [2.45, 2.75) is 63.5 Å². The Balaban J connectivity index is 1.58. The van der Waals surface area contributed by atoms with E-state index in [2.05, 4.69) is 10.2 Å². The van der Waals surface area contributed by atoms with Crippen LogP contribution in [0.25, 0.3) is 0 Å². The number of piperidine rings is 1. The fourth-order valence-electron chi connectivity index (χ4n) is 4.00. The monoisotopic (exact) mass is 222 g/mol. The minimum atomic E-state index is 0.831. The van der Waals surface area contributed by atoms with Crippen LogP contribution >= 0.6 is 0 Å². The third-order valence-electron chi connectivity index (χ3n) is 4.97. The molecule has 16 heavy (non-hydrogen) atoms. The second-order valence-corrected chi connectivity index (χ2v) is 6.06. The number of fused-ring (bicyclic) bond motifs is 1. The molecular weight excluding hydrogens is 196 g/mol. The van der Waals surface area contributed by atoms with Crippen molar-refractivity contribution in [1.82, 2.24) is 10.2 Å². The van der Waals surface area contributed by atoms with Gasteiger partial charge in [0, 0.05) is 25.2 Å². The Kier molecular flexibility index (Phi) is 3.49. The first-order chi connectivity index (χ1) is 7.93. The zero-order chi connectivity index (χ0) is 10.8. The van der Waals surface area contributed by atoms with Crippen LogP contribution in [0.4, 0.5) is 0 Å². The summed E-state index contributed by atoms with van der Waals surface area (Å²) in [6.45, 7) is 4.00. The molecule has 0 unspecified atom stereocenters. The number of nitrogens with one attached hydrogen (secondary N) is 1. The Bertz CT molecular complexity index is 207. The Hall–Kier alpha value is -0.0800. The molecule has 3 aliphatic rings. The molecule has 2 heteroatoms. The van der Waals surface area contributed by atoms with E-state index in [1.54, 1.807) is 0 Å². The maximum atomic E-state index is 3.72. The van der Waals surface area contributed by atoms with Crippen molar-refractivity contribution in [1.29, 1.82) is 0 Å². The summed E-state index contributed by atoms with van der Waals surface area (Å²) in [5.74, 6) is 0.969. The van der Waals surface area contributed by atoms with E-state index in [-0.39, 0.29) is 0 Å². The maximum Gasteiger partial charge on any atom is 0.0235 e. The van der Waals surface area contributed by atoms with Crippen molar-refractivity contribution in [2.24, 2.45) is 5.92 Å². The van der Waals surface area contributed by atoms with Gasteiger partial charge in [0.1, 0.15) is 0 Å². The molecule has 0 aromatic rings. The van der Waals surface area contributed by atoms with Crippen molar-refractivity contribution in [3.05, 3.63) is 0 Å².